The van der Waals surface area contributed by atoms with Gasteiger partial charge in [0, 0.05) is 43.3 Å². The Labute approximate surface area is 233 Å². The van der Waals surface area contributed by atoms with E-state index in [1.165, 1.54) is 20.3 Å². The van der Waals surface area contributed by atoms with Crippen LogP contribution >= 0.6 is 0 Å². The Morgan fingerprint density at radius 3 is 2.58 bits per heavy atom. The van der Waals surface area contributed by atoms with Crippen molar-refractivity contribution in [2.24, 2.45) is 0 Å². The number of nitrogens with zero attached hydrogens (tertiary/aromatic N) is 6. The Kier molecular flexibility index (Phi) is 7.65. The van der Waals surface area contributed by atoms with Crippen molar-refractivity contribution in [2.75, 3.05) is 65.1 Å². The molecular formula is C24H29N9O7. The van der Waals surface area contributed by atoms with Crippen molar-refractivity contribution >= 4 is 35.3 Å². The first-order valence-electron chi connectivity index (χ1n) is 13.4. The maximum Gasteiger partial charge on any atom is 0.412 e. The van der Waals surface area contributed by atoms with E-state index in [1.54, 1.807) is 23.1 Å². The number of para-hydroxylation sites is 1. The number of carbonyl (C=O) groups excluding carboxylic acids is 3. The monoisotopic (exact) mass is 558 g/mol. The number of ether oxygens (including phenoxy) is 3. The zero-order valence-electron chi connectivity index (χ0n) is 24.9. The number of amides is 3. The van der Waals surface area contributed by atoms with Gasteiger partial charge in [0.25, 0.3) is 5.91 Å². The van der Waals surface area contributed by atoms with Gasteiger partial charge in [-0.05, 0) is 12.1 Å². The molecule has 3 N–H and O–H groups in total. The number of rotatable bonds is 8. The van der Waals surface area contributed by atoms with Crippen LogP contribution in [-0.2, 0) is 16.0 Å². The van der Waals surface area contributed by atoms with E-state index in [4.69, 9.17) is 18.1 Å². The van der Waals surface area contributed by atoms with Gasteiger partial charge in [0.1, 0.15) is 0 Å². The van der Waals surface area contributed by atoms with Gasteiger partial charge in [0.15, 0.2) is 17.3 Å². The van der Waals surface area contributed by atoms with Gasteiger partial charge >= 0.3 is 12.2 Å². The summed E-state index contributed by atoms with van der Waals surface area (Å²) in [6.07, 6.45) is -1.21. The van der Waals surface area contributed by atoms with Gasteiger partial charge in [-0.25, -0.2) is 9.59 Å². The number of aromatic nitrogens is 4. The first kappa shape index (κ1) is 24.1. The number of carbonyl (C=O) groups is 3. The van der Waals surface area contributed by atoms with Crippen molar-refractivity contribution in [3.63, 3.8) is 0 Å². The van der Waals surface area contributed by atoms with Crippen LogP contribution in [0, 0.1) is 0 Å². The molecule has 40 heavy (non-hydrogen) atoms. The number of nitrogens with one attached hydrogen (secondary N) is 3. The molecule has 1 fully saturated rings. The average Bonchev–Trinajstić information content (AvgIpc) is 3.44. The van der Waals surface area contributed by atoms with Crippen molar-refractivity contribution in [3.8, 4) is 17.1 Å². The second-order valence-electron chi connectivity index (χ2n) is 8.32. The minimum atomic E-state index is -2.79. The molecule has 0 radical (unpaired) electrons. The molecule has 3 amide bonds. The van der Waals surface area contributed by atoms with Crippen LogP contribution in [0.2, 0.25) is 0 Å². The van der Waals surface area contributed by atoms with Crippen LogP contribution in [0.5, 0.6) is 5.75 Å². The number of hydrogen-bond donors (Lipinski definition) is 3. The predicted octanol–water partition coefficient (Wildman–Crippen LogP) is 1.70. The van der Waals surface area contributed by atoms with E-state index in [9.17, 15) is 14.4 Å². The standard InChI is InChI=1S/C24H29N9O7/c1-25-22(34)19-16(12-17(29-30-19)27-23(35)38-3)26-15-7-5-6-14(20(15)37-2)21-28-18(40-31-21)13-32-8-10-33(11-9-32)24(36)39-4/h5-7,12H,8-11,13H2,1-4H3,(H,25,34)(H2,26,27,29,35)/i1D3. The third kappa shape index (κ3) is 6.35. The highest BCUT2D eigenvalue weighted by Gasteiger charge is 2.24. The molecule has 0 spiro atoms. The molecule has 4 rings (SSSR count). The third-order valence-corrected chi connectivity index (χ3v) is 5.90. The van der Waals surface area contributed by atoms with Gasteiger partial charge in [-0.1, -0.05) is 11.2 Å². The quantitative estimate of drug-likeness (QED) is 0.363. The van der Waals surface area contributed by atoms with E-state index in [-0.39, 0.29) is 34.9 Å². The summed E-state index contributed by atoms with van der Waals surface area (Å²) in [6.45, 7) is -0.227. The molecular weight excluding hydrogens is 526 g/mol. The molecule has 0 unspecified atom stereocenters. The van der Waals surface area contributed by atoms with Crippen molar-refractivity contribution in [1.82, 2.24) is 35.5 Å². The van der Waals surface area contributed by atoms with Crippen LogP contribution in [0.4, 0.5) is 26.8 Å². The number of benzene rings is 1. The zero-order valence-corrected chi connectivity index (χ0v) is 21.9. The summed E-state index contributed by atoms with van der Waals surface area (Å²) < 4.78 is 42.5. The summed E-state index contributed by atoms with van der Waals surface area (Å²) in [6, 6.07) is 6.28. The van der Waals surface area contributed by atoms with Crippen LogP contribution in [-0.4, -0.2) is 103 Å². The average molecular weight is 559 g/mol. The molecule has 3 heterocycles. The molecule has 1 saturated heterocycles. The SMILES string of the molecule is [2H]C([2H])([2H])NC(=O)c1nnc(NC(=O)OC)cc1Nc1cccc(-c2noc(CN3CCN(C(=O)OC)CC3)n2)c1OC. The normalized spacial score (nSPS) is 14.8. The summed E-state index contributed by atoms with van der Waals surface area (Å²) in [5, 5.41) is 18.8. The maximum absolute atomic E-state index is 12.7. The Hall–Kier alpha value is -4.99. The highest BCUT2D eigenvalue weighted by atomic mass is 16.5. The van der Waals surface area contributed by atoms with E-state index in [2.05, 4.69) is 40.6 Å². The van der Waals surface area contributed by atoms with Gasteiger partial charge in [-0.3, -0.25) is 15.0 Å². The third-order valence-electron chi connectivity index (χ3n) is 5.90. The van der Waals surface area contributed by atoms with Crippen molar-refractivity contribution in [1.29, 1.82) is 0 Å². The Morgan fingerprint density at radius 1 is 1.07 bits per heavy atom. The minimum absolute atomic E-state index is 0.00139. The number of piperazine rings is 1. The maximum atomic E-state index is 12.7. The van der Waals surface area contributed by atoms with Gasteiger partial charge in [0.2, 0.25) is 11.7 Å². The van der Waals surface area contributed by atoms with Crippen molar-refractivity contribution in [3.05, 3.63) is 35.9 Å². The number of anilines is 3. The van der Waals surface area contributed by atoms with Crippen LogP contribution in [0.15, 0.2) is 28.8 Å². The van der Waals surface area contributed by atoms with Gasteiger partial charge in [-0.15, -0.1) is 10.2 Å². The molecule has 1 aliphatic rings. The summed E-state index contributed by atoms with van der Waals surface area (Å²) in [5.74, 6) is -0.273. The smallest absolute Gasteiger partial charge is 0.412 e. The zero-order chi connectivity index (χ0) is 31.1. The highest BCUT2D eigenvalue weighted by molar-refractivity contribution is 5.99. The summed E-state index contributed by atoms with van der Waals surface area (Å²) >= 11 is 0. The molecule has 212 valence electrons. The molecule has 0 atom stereocenters. The summed E-state index contributed by atoms with van der Waals surface area (Å²) in [7, 11) is 3.92. The lowest BCUT2D eigenvalue weighted by atomic mass is 10.1. The fourth-order valence-electron chi connectivity index (χ4n) is 3.94. The van der Waals surface area contributed by atoms with Crippen LogP contribution in [0.25, 0.3) is 11.4 Å². The molecule has 16 heteroatoms. The number of methoxy groups -OCH3 is 3. The van der Waals surface area contributed by atoms with Crippen LogP contribution < -0.4 is 20.7 Å². The second-order valence-corrected chi connectivity index (χ2v) is 8.32. The summed E-state index contributed by atoms with van der Waals surface area (Å²) in [4.78, 5) is 44.3. The fourth-order valence-corrected chi connectivity index (χ4v) is 3.94. The topological polar surface area (TPSA) is 186 Å². The first-order valence-corrected chi connectivity index (χ1v) is 11.9. The lowest BCUT2D eigenvalue weighted by Gasteiger charge is -2.32. The molecule has 1 aliphatic heterocycles. The molecule has 0 aliphatic carbocycles. The lowest BCUT2D eigenvalue weighted by molar-refractivity contribution is 0.0851. The van der Waals surface area contributed by atoms with Crippen molar-refractivity contribution in [2.45, 2.75) is 6.54 Å². The predicted molar refractivity (Wildman–Crippen MR) is 140 cm³/mol. The first-order chi connectivity index (χ1) is 20.5. The molecule has 16 nitrogen and oxygen atoms in total. The van der Waals surface area contributed by atoms with E-state index in [0.717, 1.165) is 7.11 Å². The Bertz CT molecular complexity index is 1480. The van der Waals surface area contributed by atoms with E-state index < -0.39 is 19.0 Å². The van der Waals surface area contributed by atoms with Crippen molar-refractivity contribution < 1.29 is 37.2 Å². The molecule has 0 saturated carbocycles. The van der Waals surface area contributed by atoms with E-state index in [1.807, 2.05) is 5.32 Å². The van der Waals surface area contributed by atoms with Crippen LogP contribution in [0.3, 0.4) is 0 Å². The molecule has 2 aromatic heterocycles. The lowest BCUT2D eigenvalue weighted by Crippen LogP contribution is -2.48. The largest absolute Gasteiger partial charge is 0.494 e. The minimum Gasteiger partial charge on any atom is -0.494 e. The summed E-state index contributed by atoms with van der Waals surface area (Å²) in [5.41, 5.74) is 0.401. The Balaban J connectivity index is 1.58. The van der Waals surface area contributed by atoms with Gasteiger partial charge in [-0.2, -0.15) is 4.98 Å². The Morgan fingerprint density at radius 2 is 1.88 bits per heavy atom. The van der Waals surface area contributed by atoms with E-state index in [0.29, 0.717) is 49.9 Å². The molecule has 0 bridgehead atoms. The van der Waals surface area contributed by atoms with Gasteiger partial charge < -0.3 is 34.3 Å². The number of hydrogen-bond acceptors (Lipinski definition) is 13. The van der Waals surface area contributed by atoms with Crippen LogP contribution in [0.1, 0.15) is 20.5 Å². The molecule has 1 aromatic carbocycles. The highest BCUT2D eigenvalue weighted by Crippen LogP contribution is 2.37. The second kappa shape index (κ2) is 12.7. The molecule has 3 aromatic rings. The fraction of sp³-hybridized carbons (Fsp3) is 0.375. The van der Waals surface area contributed by atoms with E-state index >= 15 is 0 Å². The van der Waals surface area contributed by atoms with Gasteiger partial charge in [0.05, 0.1) is 44.8 Å².